The lowest BCUT2D eigenvalue weighted by molar-refractivity contribution is 0.0503. The lowest BCUT2D eigenvalue weighted by atomic mass is 9.95. The molecular weight excluding hydrogens is 399 g/mol. The van der Waals surface area contributed by atoms with Crippen molar-refractivity contribution in [2.45, 2.75) is 38.3 Å². The summed E-state index contributed by atoms with van der Waals surface area (Å²) in [4.78, 5) is 37.5. The number of nitrogens with one attached hydrogen (secondary N) is 1. The Kier molecular flexibility index (Phi) is 4.68. The largest absolute Gasteiger partial charge is 0.338 e. The second-order valence-electron chi connectivity index (χ2n) is 8.50. The molecule has 8 nitrogen and oxygen atoms in total. The van der Waals surface area contributed by atoms with E-state index in [1.165, 1.54) is 0 Å². The van der Waals surface area contributed by atoms with Crippen molar-refractivity contribution in [2.75, 3.05) is 24.5 Å². The van der Waals surface area contributed by atoms with Crippen molar-refractivity contribution in [3.8, 4) is 0 Å². The van der Waals surface area contributed by atoms with Gasteiger partial charge in [0.1, 0.15) is 17.0 Å². The van der Waals surface area contributed by atoms with Gasteiger partial charge in [0, 0.05) is 31.2 Å². The van der Waals surface area contributed by atoms with E-state index in [4.69, 9.17) is 0 Å². The van der Waals surface area contributed by atoms with Crippen LogP contribution in [0.4, 0.5) is 15.9 Å². The standard InChI is InChI=1S/C22H23FN6O2/c1-22(23)4-7-28(8-5-22)21(31)16-9-14-3-2-6-29(19(14)25-11-16)17-10-15-12-26-27-20(30)18(15)24-13-17/h9-13H,2-8H2,1H3,(H,27,30). The first-order chi connectivity index (χ1) is 14.9. The van der Waals surface area contributed by atoms with Crippen LogP contribution in [-0.4, -0.2) is 56.3 Å². The monoisotopic (exact) mass is 422 g/mol. The number of alkyl halides is 1. The molecule has 0 aliphatic carbocycles. The van der Waals surface area contributed by atoms with E-state index < -0.39 is 5.67 Å². The van der Waals surface area contributed by atoms with E-state index in [1.54, 1.807) is 30.4 Å². The third kappa shape index (κ3) is 3.64. The van der Waals surface area contributed by atoms with Crippen LogP contribution in [0.2, 0.25) is 0 Å². The van der Waals surface area contributed by atoms with Crippen LogP contribution < -0.4 is 10.5 Å². The summed E-state index contributed by atoms with van der Waals surface area (Å²) in [6.45, 7) is 3.20. The number of fused-ring (bicyclic) bond motifs is 2. The Bertz CT molecular complexity index is 1210. The van der Waals surface area contributed by atoms with Crippen LogP contribution in [0.3, 0.4) is 0 Å². The Labute approximate surface area is 178 Å². The number of halogens is 1. The fraction of sp³-hybridized carbons (Fsp3) is 0.409. The molecular formula is C22H23FN6O2. The number of hydrogen-bond donors (Lipinski definition) is 1. The van der Waals surface area contributed by atoms with Crippen molar-refractivity contribution in [1.82, 2.24) is 25.1 Å². The number of nitrogens with zero attached hydrogens (tertiary/aromatic N) is 5. The van der Waals surface area contributed by atoms with Gasteiger partial charge in [-0.1, -0.05) is 0 Å². The minimum absolute atomic E-state index is 0.0967. The smallest absolute Gasteiger partial charge is 0.290 e. The Hall–Kier alpha value is -3.36. The number of aromatic amines is 1. The number of H-pyrrole nitrogens is 1. The van der Waals surface area contributed by atoms with Crippen molar-refractivity contribution in [3.05, 3.63) is 52.2 Å². The lowest BCUT2D eigenvalue weighted by Gasteiger charge is -2.34. The SMILES string of the molecule is CC1(F)CCN(C(=O)c2cnc3c(c2)CCCN3c2cnc3c(=O)[nH]ncc3c2)CC1. The first kappa shape index (κ1) is 19.6. The molecule has 3 aromatic rings. The van der Waals surface area contributed by atoms with Crippen molar-refractivity contribution < 1.29 is 9.18 Å². The molecule has 9 heteroatoms. The number of anilines is 2. The number of pyridine rings is 2. The van der Waals surface area contributed by atoms with Gasteiger partial charge in [-0.3, -0.25) is 9.59 Å². The number of amides is 1. The molecule has 0 unspecified atom stereocenters. The van der Waals surface area contributed by atoms with Gasteiger partial charge >= 0.3 is 0 Å². The summed E-state index contributed by atoms with van der Waals surface area (Å²) in [5.74, 6) is 0.692. The van der Waals surface area contributed by atoms with E-state index in [-0.39, 0.29) is 11.5 Å². The molecule has 0 spiro atoms. The zero-order valence-corrected chi connectivity index (χ0v) is 17.3. The number of aryl methyl sites for hydroxylation is 1. The zero-order chi connectivity index (χ0) is 21.6. The van der Waals surface area contributed by atoms with E-state index in [0.29, 0.717) is 42.4 Å². The van der Waals surface area contributed by atoms with Crippen molar-refractivity contribution in [3.63, 3.8) is 0 Å². The van der Waals surface area contributed by atoms with Crippen molar-refractivity contribution >= 4 is 28.3 Å². The molecule has 2 aliphatic heterocycles. The topological polar surface area (TPSA) is 95.1 Å². The van der Waals surface area contributed by atoms with E-state index in [9.17, 15) is 14.0 Å². The second-order valence-corrected chi connectivity index (χ2v) is 8.50. The number of carbonyl (C=O) groups is 1. The first-order valence-electron chi connectivity index (χ1n) is 10.5. The quantitative estimate of drug-likeness (QED) is 0.682. The molecule has 0 atom stereocenters. The Morgan fingerprint density at radius 1 is 1.13 bits per heavy atom. The average molecular weight is 422 g/mol. The van der Waals surface area contributed by atoms with Gasteiger partial charge in [0.05, 0.1) is 23.6 Å². The lowest BCUT2D eigenvalue weighted by Crippen LogP contribution is -2.43. The fourth-order valence-electron chi connectivity index (χ4n) is 4.31. The minimum atomic E-state index is -1.19. The summed E-state index contributed by atoms with van der Waals surface area (Å²) >= 11 is 0. The first-order valence-corrected chi connectivity index (χ1v) is 10.5. The molecule has 0 aromatic carbocycles. The molecule has 0 saturated carbocycles. The van der Waals surface area contributed by atoms with Crippen LogP contribution in [0.1, 0.15) is 42.1 Å². The van der Waals surface area contributed by atoms with Crippen LogP contribution >= 0.6 is 0 Å². The fourth-order valence-corrected chi connectivity index (χ4v) is 4.31. The van der Waals surface area contributed by atoms with Gasteiger partial charge in [-0.25, -0.2) is 19.5 Å². The van der Waals surface area contributed by atoms with Crippen molar-refractivity contribution in [1.29, 1.82) is 0 Å². The molecule has 31 heavy (non-hydrogen) atoms. The van der Waals surface area contributed by atoms with Crippen LogP contribution in [0.5, 0.6) is 0 Å². The maximum Gasteiger partial charge on any atom is 0.290 e. The van der Waals surface area contributed by atoms with Gasteiger partial charge in [0.2, 0.25) is 0 Å². The third-order valence-electron chi connectivity index (χ3n) is 6.17. The molecule has 5 rings (SSSR count). The summed E-state index contributed by atoms with van der Waals surface area (Å²) in [5, 5.41) is 6.89. The van der Waals surface area contributed by atoms with Gasteiger partial charge in [0.15, 0.2) is 0 Å². The van der Waals surface area contributed by atoms with Crippen LogP contribution in [0.25, 0.3) is 10.9 Å². The number of aromatic nitrogens is 4. The predicted octanol–water partition coefficient (Wildman–Crippen LogP) is 2.76. The van der Waals surface area contributed by atoms with Gasteiger partial charge in [-0.15, -0.1) is 0 Å². The van der Waals surface area contributed by atoms with E-state index in [2.05, 4.69) is 25.1 Å². The molecule has 0 bridgehead atoms. The number of hydrogen-bond acceptors (Lipinski definition) is 6. The second kappa shape index (κ2) is 7.40. The summed E-state index contributed by atoms with van der Waals surface area (Å²) in [6.07, 6.45) is 7.29. The normalized spacial score (nSPS) is 18.1. The van der Waals surface area contributed by atoms with E-state index >= 15 is 0 Å². The van der Waals surface area contributed by atoms with Gasteiger partial charge in [-0.2, -0.15) is 5.10 Å². The number of piperidine rings is 1. The maximum absolute atomic E-state index is 14.1. The molecule has 1 saturated heterocycles. The summed E-state index contributed by atoms with van der Waals surface area (Å²) in [5.41, 5.74) is 1.18. The minimum Gasteiger partial charge on any atom is -0.338 e. The highest BCUT2D eigenvalue weighted by Gasteiger charge is 2.32. The third-order valence-corrected chi connectivity index (χ3v) is 6.17. The summed E-state index contributed by atoms with van der Waals surface area (Å²) in [6, 6.07) is 3.78. The number of likely N-dealkylation sites (tertiary alicyclic amines) is 1. The highest BCUT2D eigenvalue weighted by Crippen LogP contribution is 2.33. The zero-order valence-electron chi connectivity index (χ0n) is 17.3. The molecule has 3 aromatic heterocycles. The van der Waals surface area contributed by atoms with Crippen LogP contribution in [-0.2, 0) is 6.42 Å². The molecule has 1 amide bonds. The van der Waals surface area contributed by atoms with Gasteiger partial charge in [0.25, 0.3) is 11.5 Å². The Balaban J connectivity index is 1.43. The summed E-state index contributed by atoms with van der Waals surface area (Å²) in [7, 11) is 0. The highest BCUT2D eigenvalue weighted by atomic mass is 19.1. The van der Waals surface area contributed by atoms with Crippen molar-refractivity contribution in [2.24, 2.45) is 0 Å². The van der Waals surface area contributed by atoms with Crippen LogP contribution in [0, 0.1) is 0 Å². The van der Waals surface area contributed by atoms with Gasteiger partial charge in [-0.05, 0) is 50.3 Å². The van der Waals surface area contributed by atoms with Crippen LogP contribution in [0.15, 0.2) is 35.5 Å². The number of carbonyl (C=O) groups excluding carboxylic acids is 1. The maximum atomic E-state index is 14.1. The molecule has 5 heterocycles. The van der Waals surface area contributed by atoms with E-state index in [0.717, 1.165) is 36.5 Å². The predicted molar refractivity (Wildman–Crippen MR) is 114 cm³/mol. The number of rotatable bonds is 2. The molecule has 1 fully saturated rings. The summed E-state index contributed by atoms with van der Waals surface area (Å²) < 4.78 is 14.1. The molecule has 160 valence electrons. The Morgan fingerprint density at radius 2 is 1.94 bits per heavy atom. The van der Waals surface area contributed by atoms with Gasteiger partial charge < -0.3 is 9.80 Å². The van der Waals surface area contributed by atoms with E-state index in [1.807, 2.05) is 12.1 Å². The molecule has 2 aliphatic rings. The molecule has 1 N–H and O–H groups in total. The highest BCUT2D eigenvalue weighted by molar-refractivity contribution is 5.94. The Morgan fingerprint density at radius 3 is 2.74 bits per heavy atom. The molecule has 0 radical (unpaired) electrons. The average Bonchev–Trinajstić information content (AvgIpc) is 2.78.